The molecule has 0 bridgehead atoms. The molecule has 0 aromatic heterocycles. The topological polar surface area (TPSA) is 66.4 Å². The maximum atomic E-state index is 13.7. The van der Waals surface area contributed by atoms with Crippen molar-refractivity contribution in [3.8, 4) is 0 Å². The van der Waals surface area contributed by atoms with Gasteiger partial charge in [-0.2, -0.15) is 0 Å². The summed E-state index contributed by atoms with van der Waals surface area (Å²) in [6.45, 7) is 1.68. The van der Waals surface area contributed by atoms with Crippen molar-refractivity contribution in [2.45, 2.75) is 6.92 Å². The van der Waals surface area contributed by atoms with Crippen molar-refractivity contribution < 1.29 is 23.5 Å². The number of carbonyl (C=O) groups excluding carboxylic acids is 1. The van der Waals surface area contributed by atoms with Gasteiger partial charge in [-0.25, -0.2) is 13.6 Å². The van der Waals surface area contributed by atoms with Gasteiger partial charge in [-0.15, -0.1) is 0 Å². The maximum Gasteiger partial charge on any atom is 0.335 e. The summed E-state index contributed by atoms with van der Waals surface area (Å²) in [6, 6.07) is 7.09. The van der Waals surface area contributed by atoms with Gasteiger partial charge in [-0.3, -0.25) is 4.79 Å². The highest BCUT2D eigenvalue weighted by Crippen LogP contribution is 2.18. The van der Waals surface area contributed by atoms with Crippen molar-refractivity contribution >= 4 is 17.6 Å². The Morgan fingerprint density at radius 3 is 2.33 bits per heavy atom. The van der Waals surface area contributed by atoms with Crippen LogP contribution < -0.4 is 5.32 Å². The Morgan fingerprint density at radius 2 is 1.76 bits per heavy atom. The molecule has 0 atom stereocenters. The van der Waals surface area contributed by atoms with E-state index in [1.807, 2.05) is 0 Å². The average Bonchev–Trinajstić information content (AvgIpc) is 2.40. The van der Waals surface area contributed by atoms with Crippen LogP contribution in [0.3, 0.4) is 0 Å². The molecule has 0 fully saturated rings. The molecule has 0 unspecified atom stereocenters. The van der Waals surface area contributed by atoms with E-state index in [0.29, 0.717) is 5.56 Å². The average molecular weight is 291 g/mol. The Bertz CT molecular complexity index is 729. The number of carboxylic acids is 1. The van der Waals surface area contributed by atoms with Gasteiger partial charge in [0.2, 0.25) is 0 Å². The number of hydrogen-bond donors (Lipinski definition) is 2. The van der Waals surface area contributed by atoms with Crippen LogP contribution in [0.4, 0.5) is 14.5 Å². The summed E-state index contributed by atoms with van der Waals surface area (Å²) >= 11 is 0. The molecule has 2 N–H and O–H groups in total. The van der Waals surface area contributed by atoms with E-state index in [-0.39, 0.29) is 16.8 Å². The molecule has 1 amide bonds. The van der Waals surface area contributed by atoms with Crippen LogP contribution in [0.2, 0.25) is 0 Å². The molecular formula is C15H11F2NO3. The molecule has 0 aliphatic rings. The molecule has 2 aromatic carbocycles. The minimum absolute atomic E-state index is 0.218. The molecule has 0 heterocycles. The second kappa shape index (κ2) is 5.70. The molecule has 0 aliphatic carbocycles. The van der Waals surface area contributed by atoms with Gasteiger partial charge in [0.25, 0.3) is 5.91 Å². The zero-order valence-corrected chi connectivity index (χ0v) is 11.0. The standard InChI is InChI=1S/C15H11F2NO3/c1-8-2-4-10(11(16)6-8)14(19)18-13-5-3-9(15(20)21)7-12(13)17/h2-7H,1H3,(H,18,19)(H,20,21). The fraction of sp³-hybridized carbons (Fsp3) is 0.0667. The van der Waals surface area contributed by atoms with E-state index in [9.17, 15) is 18.4 Å². The summed E-state index contributed by atoms with van der Waals surface area (Å²) in [5.74, 6) is -3.71. The van der Waals surface area contributed by atoms with Gasteiger partial charge in [0, 0.05) is 0 Å². The number of aryl methyl sites for hydroxylation is 1. The largest absolute Gasteiger partial charge is 0.478 e. The fourth-order valence-electron chi connectivity index (χ4n) is 1.74. The molecule has 6 heteroatoms. The summed E-state index contributed by atoms with van der Waals surface area (Å²) < 4.78 is 27.3. The Balaban J connectivity index is 2.25. The van der Waals surface area contributed by atoms with Crippen LogP contribution in [0, 0.1) is 18.6 Å². The maximum absolute atomic E-state index is 13.7. The van der Waals surface area contributed by atoms with Gasteiger partial charge in [0.1, 0.15) is 11.6 Å². The molecule has 0 radical (unpaired) electrons. The van der Waals surface area contributed by atoms with Crippen molar-refractivity contribution in [1.82, 2.24) is 0 Å². The number of amides is 1. The molecule has 2 aromatic rings. The lowest BCUT2D eigenvalue weighted by atomic mass is 10.1. The molecule has 0 saturated carbocycles. The Labute approximate surface area is 119 Å². The predicted octanol–water partition coefficient (Wildman–Crippen LogP) is 3.22. The van der Waals surface area contributed by atoms with E-state index in [0.717, 1.165) is 18.2 Å². The van der Waals surface area contributed by atoms with Crippen LogP contribution in [-0.4, -0.2) is 17.0 Å². The van der Waals surface area contributed by atoms with Gasteiger partial charge < -0.3 is 10.4 Å². The minimum Gasteiger partial charge on any atom is -0.478 e. The second-order valence-electron chi connectivity index (χ2n) is 4.44. The molecule has 21 heavy (non-hydrogen) atoms. The monoisotopic (exact) mass is 291 g/mol. The van der Waals surface area contributed by atoms with Crippen LogP contribution in [-0.2, 0) is 0 Å². The van der Waals surface area contributed by atoms with Crippen LogP contribution in [0.1, 0.15) is 26.3 Å². The van der Waals surface area contributed by atoms with Gasteiger partial charge in [-0.05, 0) is 42.8 Å². The molecule has 4 nitrogen and oxygen atoms in total. The quantitative estimate of drug-likeness (QED) is 0.912. The molecule has 0 aliphatic heterocycles. The van der Waals surface area contributed by atoms with Crippen molar-refractivity contribution in [1.29, 1.82) is 0 Å². The first-order valence-electron chi connectivity index (χ1n) is 5.99. The van der Waals surface area contributed by atoms with Gasteiger partial charge in [-0.1, -0.05) is 6.07 Å². The van der Waals surface area contributed by atoms with Gasteiger partial charge >= 0.3 is 5.97 Å². The van der Waals surface area contributed by atoms with E-state index < -0.39 is 23.5 Å². The minimum atomic E-state index is -1.28. The second-order valence-corrected chi connectivity index (χ2v) is 4.44. The number of halogens is 2. The molecule has 0 saturated heterocycles. The number of nitrogens with one attached hydrogen (secondary N) is 1. The summed E-state index contributed by atoms with van der Waals surface area (Å²) in [5.41, 5.74) is -0.0275. The van der Waals surface area contributed by atoms with E-state index in [1.165, 1.54) is 12.1 Å². The number of rotatable bonds is 3. The molecule has 0 spiro atoms. The number of carboxylic acid groups (broad SMARTS) is 1. The van der Waals surface area contributed by atoms with Crippen molar-refractivity contribution in [3.05, 3.63) is 64.7 Å². The highest BCUT2D eigenvalue weighted by Gasteiger charge is 2.15. The first-order chi connectivity index (χ1) is 9.88. The summed E-state index contributed by atoms with van der Waals surface area (Å²) in [4.78, 5) is 22.6. The molecular weight excluding hydrogens is 280 g/mol. The van der Waals surface area contributed by atoms with Crippen LogP contribution in [0.25, 0.3) is 0 Å². The van der Waals surface area contributed by atoms with E-state index in [2.05, 4.69) is 5.32 Å². The first kappa shape index (κ1) is 14.6. The lowest BCUT2D eigenvalue weighted by Gasteiger charge is -2.08. The van der Waals surface area contributed by atoms with Crippen LogP contribution in [0.5, 0.6) is 0 Å². The van der Waals surface area contributed by atoms with Crippen molar-refractivity contribution in [2.75, 3.05) is 5.32 Å². The van der Waals surface area contributed by atoms with Gasteiger partial charge in [0.15, 0.2) is 0 Å². The number of benzene rings is 2. The smallest absolute Gasteiger partial charge is 0.335 e. The van der Waals surface area contributed by atoms with Crippen molar-refractivity contribution in [3.63, 3.8) is 0 Å². The SMILES string of the molecule is Cc1ccc(C(=O)Nc2ccc(C(=O)O)cc2F)c(F)c1. The van der Waals surface area contributed by atoms with Crippen LogP contribution >= 0.6 is 0 Å². The third-order valence-electron chi connectivity index (χ3n) is 2.83. The highest BCUT2D eigenvalue weighted by atomic mass is 19.1. The Hall–Kier alpha value is -2.76. The lowest BCUT2D eigenvalue weighted by molar-refractivity contribution is 0.0696. The number of carbonyl (C=O) groups is 2. The summed E-state index contributed by atoms with van der Waals surface area (Å²) in [5, 5.41) is 10.9. The highest BCUT2D eigenvalue weighted by molar-refractivity contribution is 6.04. The molecule has 2 rings (SSSR count). The molecule has 108 valence electrons. The zero-order valence-electron chi connectivity index (χ0n) is 11.0. The Morgan fingerprint density at radius 1 is 1.05 bits per heavy atom. The summed E-state index contributed by atoms with van der Waals surface area (Å²) in [6.07, 6.45) is 0. The summed E-state index contributed by atoms with van der Waals surface area (Å²) in [7, 11) is 0. The van der Waals surface area contributed by atoms with Crippen LogP contribution in [0.15, 0.2) is 36.4 Å². The Kier molecular flexibility index (Phi) is 3.98. The fourth-order valence-corrected chi connectivity index (χ4v) is 1.74. The first-order valence-corrected chi connectivity index (χ1v) is 5.99. The predicted molar refractivity (Wildman–Crippen MR) is 72.4 cm³/mol. The number of aromatic carboxylic acids is 1. The number of anilines is 1. The van der Waals surface area contributed by atoms with Gasteiger partial charge in [0.05, 0.1) is 16.8 Å². The van der Waals surface area contributed by atoms with E-state index in [1.54, 1.807) is 13.0 Å². The third kappa shape index (κ3) is 3.22. The van der Waals surface area contributed by atoms with Crippen molar-refractivity contribution in [2.24, 2.45) is 0 Å². The van der Waals surface area contributed by atoms with E-state index >= 15 is 0 Å². The number of hydrogen-bond acceptors (Lipinski definition) is 2. The normalized spacial score (nSPS) is 10.2. The third-order valence-corrected chi connectivity index (χ3v) is 2.83. The zero-order chi connectivity index (χ0) is 15.6. The van der Waals surface area contributed by atoms with E-state index in [4.69, 9.17) is 5.11 Å². The lowest BCUT2D eigenvalue weighted by Crippen LogP contribution is -2.15.